The highest BCUT2D eigenvalue weighted by Crippen LogP contribution is 2.56. The minimum Gasteiger partial charge on any atom is -0.465 e. The van der Waals surface area contributed by atoms with Crippen LogP contribution in [0.4, 0.5) is 0 Å². The highest BCUT2D eigenvalue weighted by Gasteiger charge is 2.37. The van der Waals surface area contributed by atoms with E-state index in [0.717, 1.165) is 32.3 Å². The Hall–Kier alpha value is -2.58. The van der Waals surface area contributed by atoms with E-state index in [4.69, 9.17) is 9.47 Å². The minimum atomic E-state index is -0.561. The molecule has 0 bridgehead atoms. The summed E-state index contributed by atoms with van der Waals surface area (Å²) >= 11 is 2.42. The van der Waals surface area contributed by atoms with E-state index >= 15 is 0 Å². The van der Waals surface area contributed by atoms with E-state index in [1.807, 2.05) is 24.3 Å². The molecule has 0 fully saturated rings. The molecular weight excluding hydrogens is 372 g/mol. The van der Waals surface area contributed by atoms with Crippen LogP contribution in [-0.4, -0.2) is 36.1 Å². The molecule has 130 valence electrons. The summed E-state index contributed by atoms with van der Waals surface area (Å²) < 4.78 is 10.4. The van der Waals surface area contributed by atoms with Crippen LogP contribution in [0.2, 0.25) is 0 Å². The Kier molecular flexibility index (Phi) is 4.29. The SMILES string of the molecule is COC(=O)C1=C(C(=O)OC)SC(=C2c3cccnc3-c3ncccc32)S1. The van der Waals surface area contributed by atoms with Gasteiger partial charge in [-0.05, 0) is 12.1 Å². The van der Waals surface area contributed by atoms with Crippen molar-refractivity contribution in [1.82, 2.24) is 9.97 Å². The zero-order valence-electron chi connectivity index (χ0n) is 13.8. The largest absolute Gasteiger partial charge is 0.465 e. The molecule has 0 atom stereocenters. The van der Waals surface area contributed by atoms with Crippen molar-refractivity contribution in [2.24, 2.45) is 0 Å². The average Bonchev–Trinajstić information content (AvgIpc) is 3.26. The molecular formula is C18H12N2O4S2. The van der Waals surface area contributed by atoms with Gasteiger partial charge >= 0.3 is 11.9 Å². The van der Waals surface area contributed by atoms with Crippen LogP contribution in [0.3, 0.4) is 0 Å². The second-order valence-electron chi connectivity index (χ2n) is 5.31. The van der Waals surface area contributed by atoms with Crippen molar-refractivity contribution in [3.8, 4) is 11.4 Å². The molecule has 0 radical (unpaired) electrons. The van der Waals surface area contributed by atoms with Gasteiger partial charge in [-0.25, -0.2) is 9.59 Å². The Balaban J connectivity index is 1.89. The molecule has 0 spiro atoms. The number of nitrogens with zero attached hydrogens (tertiary/aromatic N) is 2. The Morgan fingerprint density at radius 3 is 1.73 bits per heavy atom. The maximum Gasteiger partial charge on any atom is 0.346 e. The monoisotopic (exact) mass is 384 g/mol. The number of rotatable bonds is 2. The van der Waals surface area contributed by atoms with Crippen LogP contribution in [-0.2, 0) is 19.1 Å². The van der Waals surface area contributed by atoms with E-state index in [0.29, 0.717) is 0 Å². The van der Waals surface area contributed by atoms with Crippen LogP contribution < -0.4 is 0 Å². The van der Waals surface area contributed by atoms with Crippen LogP contribution >= 0.6 is 23.5 Å². The first-order valence-corrected chi connectivity index (χ1v) is 9.21. The van der Waals surface area contributed by atoms with Gasteiger partial charge in [-0.15, -0.1) is 0 Å². The van der Waals surface area contributed by atoms with Crippen molar-refractivity contribution in [2.45, 2.75) is 0 Å². The second-order valence-corrected chi connectivity index (χ2v) is 7.61. The van der Waals surface area contributed by atoms with Crippen LogP contribution in [0.5, 0.6) is 0 Å². The first kappa shape index (κ1) is 16.9. The molecule has 0 amide bonds. The molecule has 8 heteroatoms. The van der Waals surface area contributed by atoms with Crippen molar-refractivity contribution < 1.29 is 19.1 Å². The average molecular weight is 384 g/mol. The van der Waals surface area contributed by atoms with E-state index in [-0.39, 0.29) is 9.81 Å². The minimum absolute atomic E-state index is 0.231. The highest BCUT2D eigenvalue weighted by molar-refractivity contribution is 8.29. The van der Waals surface area contributed by atoms with Gasteiger partial charge < -0.3 is 9.47 Å². The lowest BCUT2D eigenvalue weighted by Crippen LogP contribution is -2.08. The van der Waals surface area contributed by atoms with Gasteiger partial charge in [0.15, 0.2) is 0 Å². The van der Waals surface area contributed by atoms with Gasteiger partial charge in [0.05, 0.1) is 29.8 Å². The predicted octanol–water partition coefficient (Wildman–Crippen LogP) is 3.21. The fourth-order valence-corrected chi connectivity index (χ4v) is 5.43. The zero-order chi connectivity index (χ0) is 18.3. The van der Waals surface area contributed by atoms with Crippen molar-refractivity contribution in [1.29, 1.82) is 0 Å². The van der Waals surface area contributed by atoms with Gasteiger partial charge in [0.1, 0.15) is 9.81 Å². The summed E-state index contributed by atoms with van der Waals surface area (Å²) in [6.07, 6.45) is 3.44. The van der Waals surface area contributed by atoms with E-state index in [2.05, 4.69) is 9.97 Å². The number of carbonyl (C=O) groups is 2. The van der Waals surface area contributed by atoms with E-state index in [1.165, 1.54) is 37.7 Å². The third kappa shape index (κ3) is 2.53. The van der Waals surface area contributed by atoms with Crippen molar-refractivity contribution >= 4 is 41.0 Å². The van der Waals surface area contributed by atoms with Gasteiger partial charge in [0.25, 0.3) is 0 Å². The van der Waals surface area contributed by atoms with Crippen LogP contribution in [0.15, 0.2) is 50.7 Å². The fourth-order valence-electron chi connectivity index (χ4n) is 2.81. The molecule has 6 nitrogen and oxygen atoms in total. The number of esters is 2. The third-order valence-electron chi connectivity index (χ3n) is 3.92. The Labute approximate surface area is 157 Å². The predicted molar refractivity (Wildman–Crippen MR) is 99.7 cm³/mol. The number of methoxy groups -OCH3 is 2. The molecule has 0 N–H and O–H groups in total. The Morgan fingerprint density at radius 2 is 1.31 bits per heavy atom. The summed E-state index contributed by atoms with van der Waals surface area (Å²) in [4.78, 5) is 33.6. The van der Waals surface area contributed by atoms with Crippen molar-refractivity contribution in [3.63, 3.8) is 0 Å². The smallest absolute Gasteiger partial charge is 0.346 e. The van der Waals surface area contributed by atoms with Gasteiger partial charge in [-0.2, -0.15) is 0 Å². The Bertz CT molecular complexity index is 936. The topological polar surface area (TPSA) is 78.4 Å². The maximum absolute atomic E-state index is 12.1. The number of aromatic nitrogens is 2. The quantitative estimate of drug-likeness (QED) is 0.623. The summed E-state index contributed by atoms with van der Waals surface area (Å²) in [5.74, 6) is -1.12. The molecule has 0 saturated heterocycles. The summed E-state index contributed by atoms with van der Waals surface area (Å²) in [5, 5.41) is 0. The lowest BCUT2D eigenvalue weighted by molar-refractivity contribution is -0.138. The zero-order valence-corrected chi connectivity index (χ0v) is 15.4. The van der Waals surface area contributed by atoms with E-state index < -0.39 is 11.9 Å². The molecule has 3 heterocycles. The lowest BCUT2D eigenvalue weighted by Gasteiger charge is -2.06. The van der Waals surface area contributed by atoms with Gasteiger partial charge in [0, 0.05) is 29.1 Å². The number of pyridine rings is 2. The van der Waals surface area contributed by atoms with Crippen LogP contribution in [0.1, 0.15) is 11.1 Å². The van der Waals surface area contributed by atoms with Gasteiger partial charge in [-0.1, -0.05) is 35.7 Å². The molecule has 1 aliphatic carbocycles. The van der Waals surface area contributed by atoms with Crippen LogP contribution in [0, 0.1) is 0 Å². The molecule has 4 rings (SSSR count). The fraction of sp³-hybridized carbons (Fsp3) is 0.111. The number of thioether (sulfide) groups is 2. The molecule has 2 aromatic heterocycles. The molecule has 26 heavy (non-hydrogen) atoms. The van der Waals surface area contributed by atoms with Crippen LogP contribution in [0.25, 0.3) is 17.0 Å². The maximum atomic E-state index is 12.1. The van der Waals surface area contributed by atoms with Gasteiger partial charge in [-0.3, -0.25) is 9.97 Å². The van der Waals surface area contributed by atoms with Crippen molar-refractivity contribution in [3.05, 3.63) is 61.8 Å². The Morgan fingerprint density at radius 1 is 0.846 bits per heavy atom. The number of hydrogen-bond donors (Lipinski definition) is 0. The summed E-state index contributed by atoms with van der Waals surface area (Å²) in [6.45, 7) is 0. The summed E-state index contributed by atoms with van der Waals surface area (Å²) in [7, 11) is 2.57. The number of fused-ring (bicyclic) bond motifs is 3. The molecule has 1 aliphatic heterocycles. The highest BCUT2D eigenvalue weighted by atomic mass is 32.2. The molecule has 2 aromatic rings. The second kappa shape index (κ2) is 6.62. The molecule has 0 aromatic carbocycles. The van der Waals surface area contributed by atoms with E-state index in [9.17, 15) is 9.59 Å². The first-order valence-electron chi connectivity index (χ1n) is 7.57. The summed E-state index contributed by atoms with van der Waals surface area (Å²) in [5.41, 5.74) is 4.33. The lowest BCUT2D eigenvalue weighted by atomic mass is 10.1. The molecule has 2 aliphatic rings. The first-order chi connectivity index (χ1) is 12.7. The standard InChI is InChI=1S/C18H12N2O4S2/c1-23-16(21)14-15(17(22)24-2)26-18(25-14)11-9-5-3-7-19-12(9)13-10(11)6-4-8-20-13/h3-8H,1-2H3. The molecule has 0 saturated carbocycles. The van der Waals surface area contributed by atoms with Gasteiger partial charge in [0.2, 0.25) is 0 Å². The summed E-state index contributed by atoms with van der Waals surface area (Å²) in [6, 6.07) is 7.62. The third-order valence-corrected chi connectivity index (χ3v) is 6.48. The molecule has 0 unspecified atom stereocenters. The van der Waals surface area contributed by atoms with E-state index in [1.54, 1.807) is 12.4 Å². The number of carbonyl (C=O) groups excluding carboxylic acids is 2. The number of ether oxygens (including phenoxy) is 2. The normalized spacial score (nSPS) is 15.0. The van der Waals surface area contributed by atoms with Crippen molar-refractivity contribution in [2.75, 3.05) is 14.2 Å². The number of hydrogen-bond acceptors (Lipinski definition) is 8.